The summed E-state index contributed by atoms with van der Waals surface area (Å²) < 4.78 is 13.0. The molecule has 22 heavy (non-hydrogen) atoms. The zero-order valence-electron chi connectivity index (χ0n) is 11.1. The first-order chi connectivity index (χ1) is 10.6. The number of anilines is 1. The van der Waals surface area contributed by atoms with E-state index in [1.165, 1.54) is 23.5 Å². The summed E-state index contributed by atoms with van der Waals surface area (Å²) in [6, 6.07) is 9.12. The van der Waals surface area contributed by atoms with Crippen LogP contribution in [-0.4, -0.2) is 15.9 Å². The average molecular weight is 334 g/mol. The smallest absolute Gasteiger partial charge is 0.258 e. The maximum atomic E-state index is 13.0. The second-order valence-corrected chi connectivity index (χ2v) is 5.60. The normalized spacial score (nSPS) is 10.5. The highest BCUT2D eigenvalue weighted by Crippen LogP contribution is 2.24. The zero-order chi connectivity index (χ0) is 15.5. The number of halogens is 2. The topological polar surface area (TPSA) is 54.9 Å². The first kappa shape index (κ1) is 14.6. The van der Waals surface area contributed by atoms with Crippen molar-refractivity contribution in [1.82, 2.24) is 9.97 Å². The molecular formula is C15H9ClFN3OS. The van der Waals surface area contributed by atoms with Crippen molar-refractivity contribution in [2.75, 3.05) is 5.32 Å². The van der Waals surface area contributed by atoms with E-state index in [0.29, 0.717) is 10.8 Å². The van der Waals surface area contributed by atoms with E-state index in [-0.39, 0.29) is 10.6 Å². The lowest BCUT2D eigenvalue weighted by atomic mass is 10.2. The molecule has 2 heterocycles. The van der Waals surface area contributed by atoms with Crippen molar-refractivity contribution in [3.05, 3.63) is 64.4 Å². The summed E-state index contributed by atoms with van der Waals surface area (Å²) in [5.74, 6) is -0.930. The highest BCUT2D eigenvalue weighted by molar-refractivity contribution is 7.14. The molecule has 2 aromatic heterocycles. The van der Waals surface area contributed by atoms with E-state index in [1.807, 2.05) is 18.2 Å². The van der Waals surface area contributed by atoms with E-state index in [2.05, 4.69) is 15.3 Å². The largest absolute Gasteiger partial charge is 0.298 e. The lowest BCUT2D eigenvalue weighted by Gasteiger charge is -2.03. The molecule has 3 rings (SSSR count). The number of nitrogens with one attached hydrogen (secondary N) is 1. The third-order valence-electron chi connectivity index (χ3n) is 2.83. The number of rotatable bonds is 3. The molecule has 1 aromatic carbocycles. The molecule has 0 saturated carbocycles. The van der Waals surface area contributed by atoms with Gasteiger partial charge in [-0.2, -0.15) is 0 Å². The Labute approximate surface area is 134 Å². The predicted octanol–water partition coefficient (Wildman–Crippen LogP) is 4.25. The molecule has 0 spiro atoms. The molecule has 0 saturated heterocycles. The van der Waals surface area contributed by atoms with E-state index in [9.17, 15) is 9.18 Å². The van der Waals surface area contributed by atoms with Crippen molar-refractivity contribution in [3.8, 4) is 11.4 Å². The number of pyridine rings is 1. The molecule has 1 amide bonds. The van der Waals surface area contributed by atoms with E-state index >= 15 is 0 Å². The minimum atomic E-state index is -0.492. The number of nitrogens with zero attached hydrogens (tertiary/aromatic N) is 2. The lowest BCUT2D eigenvalue weighted by molar-refractivity contribution is 0.102. The second-order valence-electron chi connectivity index (χ2n) is 4.33. The molecular weight excluding hydrogens is 325 g/mol. The molecule has 0 unspecified atom stereocenters. The van der Waals surface area contributed by atoms with Crippen LogP contribution in [0.25, 0.3) is 11.4 Å². The van der Waals surface area contributed by atoms with Crippen molar-refractivity contribution in [1.29, 1.82) is 0 Å². The van der Waals surface area contributed by atoms with Crippen molar-refractivity contribution in [2.45, 2.75) is 0 Å². The molecule has 4 nitrogen and oxygen atoms in total. The molecule has 0 aliphatic heterocycles. The second kappa shape index (κ2) is 6.21. The lowest BCUT2D eigenvalue weighted by Crippen LogP contribution is -2.12. The molecule has 0 atom stereocenters. The Kier molecular flexibility index (Phi) is 4.13. The van der Waals surface area contributed by atoms with Gasteiger partial charge in [0.05, 0.1) is 16.3 Å². The first-order valence-corrected chi connectivity index (χ1v) is 7.52. The third kappa shape index (κ3) is 3.13. The number of amides is 1. The number of carbonyl (C=O) groups excluding carboxylic acids is 1. The molecule has 0 aliphatic carbocycles. The Hall–Kier alpha value is -2.31. The van der Waals surface area contributed by atoms with Gasteiger partial charge >= 0.3 is 0 Å². The van der Waals surface area contributed by atoms with Crippen molar-refractivity contribution >= 4 is 34.0 Å². The Morgan fingerprint density at radius 2 is 2.09 bits per heavy atom. The molecule has 1 N–H and O–H groups in total. The van der Waals surface area contributed by atoms with Gasteiger partial charge in [0.2, 0.25) is 0 Å². The van der Waals surface area contributed by atoms with Crippen LogP contribution in [0.2, 0.25) is 5.02 Å². The average Bonchev–Trinajstić information content (AvgIpc) is 2.96. The summed E-state index contributed by atoms with van der Waals surface area (Å²) in [6.45, 7) is 0. The maximum absolute atomic E-state index is 13.0. The number of hydrogen-bond donors (Lipinski definition) is 1. The molecule has 0 aliphatic rings. The van der Waals surface area contributed by atoms with Crippen LogP contribution in [0.4, 0.5) is 9.52 Å². The van der Waals surface area contributed by atoms with Gasteiger partial charge < -0.3 is 0 Å². The number of thiazole rings is 1. The summed E-state index contributed by atoms with van der Waals surface area (Å²) >= 11 is 7.14. The third-order valence-corrected chi connectivity index (χ3v) is 3.90. The Morgan fingerprint density at radius 1 is 1.23 bits per heavy atom. The standard InChI is InChI=1S/C15H9ClFN3OS/c16-11-7-9(17)4-5-10(11)14(21)20-15-19-13(8-22-15)12-3-1-2-6-18-12/h1-8H,(H,19,20,21). The SMILES string of the molecule is O=C(Nc1nc(-c2ccccn2)cs1)c1ccc(F)cc1Cl. The minimum absolute atomic E-state index is 0.0546. The molecule has 0 fully saturated rings. The van der Waals surface area contributed by atoms with Crippen molar-refractivity contribution < 1.29 is 9.18 Å². The molecule has 110 valence electrons. The Balaban J connectivity index is 1.79. The van der Waals surface area contributed by atoms with Gasteiger partial charge in [-0.25, -0.2) is 9.37 Å². The van der Waals surface area contributed by atoms with Crippen LogP contribution in [0, 0.1) is 5.82 Å². The van der Waals surface area contributed by atoms with Crippen LogP contribution in [-0.2, 0) is 0 Å². The van der Waals surface area contributed by atoms with E-state index in [1.54, 1.807) is 11.6 Å². The highest BCUT2D eigenvalue weighted by atomic mass is 35.5. The van der Waals surface area contributed by atoms with Gasteiger partial charge in [-0.15, -0.1) is 11.3 Å². The van der Waals surface area contributed by atoms with Gasteiger partial charge in [0.25, 0.3) is 5.91 Å². The number of hydrogen-bond acceptors (Lipinski definition) is 4. The zero-order valence-corrected chi connectivity index (χ0v) is 12.7. The number of carbonyl (C=O) groups is 1. The van der Waals surface area contributed by atoms with Crippen LogP contribution in [0.15, 0.2) is 48.0 Å². The van der Waals surface area contributed by atoms with Gasteiger partial charge in [-0.1, -0.05) is 17.7 Å². The number of benzene rings is 1. The van der Waals surface area contributed by atoms with Gasteiger partial charge in [0, 0.05) is 11.6 Å². The summed E-state index contributed by atoms with van der Waals surface area (Å²) in [5.41, 5.74) is 1.59. The van der Waals surface area contributed by atoms with Crippen molar-refractivity contribution in [3.63, 3.8) is 0 Å². The summed E-state index contributed by atoms with van der Waals surface area (Å²) in [7, 11) is 0. The maximum Gasteiger partial charge on any atom is 0.258 e. The molecule has 0 bridgehead atoms. The molecule has 0 radical (unpaired) electrons. The molecule has 7 heteroatoms. The molecule has 3 aromatic rings. The summed E-state index contributed by atoms with van der Waals surface area (Å²) in [5, 5.41) is 4.92. The first-order valence-electron chi connectivity index (χ1n) is 6.27. The van der Waals surface area contributed by atoms with Crippen LogP contribution < -0.4 is 5.32 Å². The summed E-state index contributed by atoms with van der Waals surface area (Å²) in [6.07, 6.45) is 1.67. The quantitative estimate of drug-likeness (QED) is 0.779. The number of aromatic nitrogens is 2. The van der Waals surface area contributed by atoms with Gasteiger partial charge in [-0.3, -0.25) is 15.1 Å². The Morgan fingerprint density at radius 3 is 2.82 bits per heavy atom. The predicted molar refractivity (Wildman–Crippen MR) is 84.7 cm³/mol. The fourth-order valence-corrected chi connectivity index (χ4v) is 2.75. The van der Waals surface area contributed by atoms with Crippen LogP contribution in [0.1, 0.15) is 10.4 Å². The van der Waals surface area contributed by atoms with E-state index < -0.39 is 11.7 Å². The van der Waals surface area contributed by atoms with Crippen LogP contribution in [0.3, 0.4) is 0 Å². The fourth-order valence-electron chi connectivity index (χ4n) is 1.80. The van der Waals surface area contributed by atoms with Crippen LogP contribution in [0.5, 0.6) is 0 Å². The van der Waals surface area contributed by atoms with E-state index in [4.69, 9.17) is 11.6 Å². The minimum Gasteiger partial charge on any atom is -0.298 e. The van der Waals surface area contributed by atoms with E-state index in [0.717, 1.165) is 11.8 Å². The Bertz CT molecular complexity index is 823. The van der Waals surface area contributed by atoms with Gasteiger partial charge in [0.15, 0.2) is 5.13 Å². The monoisotopic (exact) mass is 333 g/mol. The van der Waals surface area contributed by atoms with Crippen LogP contribution >= 0.6 is 22.9 Å². The van der Waals surface area contributed by atoms with Crippen molar-refractivity contribution in [2.24, 2.45) is 0 Å². The van der Waals surface area contributed by atoms with Gasteiger partial charge in [-0.05, 0) is 30.3 Å². The van der Waals surface area contributed by atoms with Gasteiger partial charge in [0.1, 0.15) is 11.5 Å². The highest BCUT2D eigenvalue weighted by Gasteiger charge is 2.13. The fraction of sp³-hybridized carbons (Fsp3) is 0. The summed E-state index contributed by atoms with van der Waals surface area (Å²) in [4.78, 5) is 20.6.